The van der Waals surface area contributed by atoms with Crippen molar-refractivity contribution in [1.29, 1.82) is 0 Å². The fraction of sp³-hybridized carbons (Fsp3) is 0.455. The van der Waals surface area contributed by atoms with Gasteiger partial charge in [-0.2, -0.15) is 0 Å². The van der Waals surface area contributed by atoms with E-state index in [1.807, 2.05) is 0 Å². The zero-order valence-electron chi connectivity index (χ0n) is 19.4. The van der Waals surface area contributed by atoms with Crippen LogP contribution >= 0.6 is 11.6 Å². The second-order valence-corrected chi connectivity index (χ2v) is 14.3. The number of non-ortho nitro benzene ring substituents is 1. The molecule has 0 saturated heterocycles. The first-order chi connectivity index (χ1) is 15.3. The van der Waals surface area contributed by atoms with Gasteiger partial charge in [0.05, 0.1) is 24.1 Å². The van der Waals surface area contributed by atoms with Crippen LogP contribution in [0.3, 0.4) is 0 Å². The van der Waals surface area contributed by atoms with E-state index in [0.717, 1.165) is 5.56 Å². The Hall–Kier alpha value is -2.69. The van der Waals surface area contributed by atoms with Crippen molar-refractivity contribution in [3.63, 3.8) is 0 Å². The molecule has 0 bridgehead atoms. The van der Waals surface area contributed by atoms with Gasteiger partial charge in [0.2, 0.25) is 0 Å². The minimum absolute atomic E-state index is 0.0447. The van der Waals surface area contributed by atoms with E-state index in [1.54, 1.807) is 18.3 Å². The molecule has 1 aromatic carbocycles. The van der Waals surface area contributed by atoms with Crippen molar-refractivity contribution < 1.29 is 24.0 Å². The number of ether oxygens (including phenoxy) is 1. The lowest BCUT2D eigenvalue weighted by atomic mass is 10.1. The number of nitro benzene ring substituents is 1. The van der Waals surface area contributed by atoms with Crippen molar-refractivity contribution in [3.05, 3.63) is 63.4 Å². The number of carboxylic acid groups (broad SMARTS) is 1. The number of halogens is 1. The quantitative estimate of drug-likeness (QED) is 0.192. The van der Waals surface area contributed by atoms with Gasteiger partial charge in [0.25, 0.3) is 5.69 Å². The first kappa shape index (κ1) is 26.6. The van der Waals surface area contributed by atoms with E-state index in [9.17, 15) is 20.0 Å². The summed E-state index contributed by atoms with van der Waals surface area (Å²) in [5.41, 5.74) is 0.698. The Morgan fingerprint density at radius 1 is 1.24 bits per heavy atom. The van der Waals surface area contributed by atoms with Crippen LogP contribution in [0.1, 0.15) is 32.4 Å². The van der Waals surface area contributed by atoms with Gasteiger partial charge in [0.15, 0.2) is 8.32 Å². The Balaban J connectivity index is 2.13. The van der Waals surface area contributed by atoms with Crippen LogP contribution < -0.4 is 4.74 Å². The normalized spacial score (nSPS) is 12.8. The average molecular weight is 496 g/mol. The second kappa shape index (κ2) is 11.0. The van der Waals surface area contributed by atoms with Crippen molar-refractivity contribution >= 4 is 31.7 Å². The molecule has 33 heavy (non-hydrogen) atoms. The number of carbonyl (C=O) groups is 1. The molecule has 0 saturated carbocycles. The summed E-state index contributed by atoms with van der Waals surface area (Å²) in [5.74, 6) is 0.418. The van der Waals surface area contributed by atoms with Crippen molar-refractivity contribution in [2.24, 2.45) is 0 Å². The predicted octanol–water partition coefficient (Wildman–Crippen LogP) is 5.77. The van der Waals surface area contributed by atoms with Crippen LogP contribution in [0.4, 0.5) is 10.5 Å². The van der Waals surface area contributed by atoms with Gasteiger partial charge in [-0.3, -0.25) is 10.1 Å². The number of amides is 1. The highest BCUT2D eigenvalue weighted by Gasteiger charge is 2.40. The third-order valence-electron chi connectivity index (χ3n) is 5.70. The van der Waals surface area contributed by atoms with Crippen LogP contribution in [0.5, 0.6) is 5.75 Å². The molecule has 1 N–H and O–H groups in total. The van der Waals surface area contributed by atoms with Crippen LogP contribution in [0.15, 0.2) is 42.6 Å². The molecule has 1 heterocycles. The van der Waals surface area contributed by atoms with Crippen LogP contribution in [-0.2, 0) is 4.43 Å². The Bertz CT molecular complexity index is 948. The average Bonchev–Trinajstić information content (AvgIpc) is 2.72. The number of nitro groups is 1. The number of pyridine rings is 1. The molecule has 1 aromatic heterocycles. The minimum Gasteiger partial charge on any atom is -0.492 e. The third kappa shape index (κ3) is 7.69. The third-order valence-corrected chi connectivity index (χ3v) is 10.4. The highest BCUT2D eigenvalue weighted by molar-refractivity contribution is 6.74. The standard InChI is InChI=1S/C22H30ClN3O6Si/c1-22(2,3)33(4,5)32-19(16-6-11-20(23)24-14-16)15-25(21(27)28)12-13-31-18-9-7-17(8-10-18)26(29)30/h6-11,14,19H,12-13,15H2,1-5H3,(H,27,28). The minimum atomic E-state index is -2.23. The van der Waals surface area contributed by atoms with Gasteiger partial charge in [0, 0.05) is 18.3 Å². The van der Waals surface area contributed by atoms with Crippen molar-refractivity contribution in [2.45, 2.75) is 45.0 Å². The number of hydrogen-bond acceptors (Lipinski definition) is 6. The molecule has 0 radical (unpaired) electrons. The number of nitrogens with zero attached hydrogens (tertiary/aromatic N) is 3. The number of aromatic nitrogens is 1. The van der Waals surface area contributed by atoms with E-state index in [1.165, 1.54) is 29.2 Å². The zero-order valence-corrected chi connectivity index (χ0v) is 21.2. The van der Waals surface area contributed by atoms with E-state index in [0.29, 0.717) is 10.9 Å². The molecule has 1 amide bonds. The van der Waals surface area contributed by atoms with Crippen LogP contribution in [0.2, 0.25) is 23.3 Å². The maximum Gasteiger partial charge on any atom is 0.407 e. The largest absolute Gasteiger partial charge is 0.492 e. The van der Waals surface area contributed by atoms with Crippen molar-refractivity contribution in [3.8, 4) is 5.75 Å². The summed E-state index contributed by atoms with van der Waals surface area (Å²) in [7, 11) is -2.23. The molecule has 0 spiro atoms. The summed E-state index contributed by atoms with van der Waals surface area (Å²) in [4.78, 5) is 27.6. The van der Waals surface area contributed by atoms with Gasteiger partial charge in [0.1, 0.15) is 17.5 Å². The van der Waals surface area contributed by atoms with Crippen LogP contribution in [0, 0.1) is 10.1 Å². The Labute approximate surface area is 199 Å². The molecule has 2 aromatic rings. The summed E-state index contributed by atoms with van der Waals surface area (Å²) in [5, 5.41) is 20.8. The SMILES string of the molecule is CC(C)(C)[Si](C)(C)OC(CN(CCOc1ccc([N+](=O)[O-])cc1)C(=O)O)c1ccc(Cl)nc1. The Morgan fingerprint density at radius 3 is 2.36 bits per heavy atom. The van der Waals surface area contributed by atoms with Gasteiger partial charge < -0.3 is 19.2 Å². The smallest absolute Gasteiger partial charge is 0.407 e. The number of benzene rings is 1. The Morgan fingerprint density at radius 2 is 1.88 bits per heavy atom. The summed E-state index contributed by atoms with van der Waals surface area (Å²) >= 11 is 5.93. The monoisotopic (exact) mass is 495 g/mol. The number of hydrogen-bond donors (Lipinski definition) is 1. The summed E-state index contributed by atoms with van der Waals surface area (Å²) in [6, 6.07) is 9.07. The Kier molecular flexibility index (Phi) is 8.81. The summed E-state index contributed by atoms with van der Waals surface area (Å²) in [6.45, 7) is 10.8. The van der Waals surface area contributed by atoms with E-state index in [2.05, 4.69) is 38.8 Å². The van der Waals surface area contributed by atoms with Gasteiger partial charge in [-0.1, -0.05) is 38.4 Å². The van der Waals surface area contributed by atoms with E-state index in [-0.39, 0.29) is 30.4 Å². The molecule has 0 aliphatic carbocycles. The maximum atomic E-state index is 12.0. The summed E-state index contributed by atoms with van der Waals surface area (Å²) in [6.07, 6.45) is -0.0210. The molecule has 0 aliphatic heterocycles. The molecular weight excluding hydrogens is 466 g/mol. The van der Waals surface area contributed by atoms with E-state index in [4.69, 9.17) is 20.8 Å². The highest BCUT2D eigenvalue weighted by Crippen LogP contribution is 2.40. The maximum absolute atomic E-state index is 12.0. The van der Waals surface area contributed by atoms with E-state index < -0.39 is 25.4 Å². The lowest BCUT2D eigenvalue weighted by Crippen LogP contribution is -2.45. The predicted molar refractivity (Wildman–Crippen MR) is 128 cm³/mol. The molecular formula is C22H30ClN3O6Si. The molecule has 0 aliphatic rings. The van der Waals surface area contributed by atoms with Crippen molar-refractivity contribution in [1.82, 2.24) is 9.88 Å². The fourth-order valence-electron chi connectivity index (χ4n) is 2.72. The molecule has 1 atom stereocenters. The van der Waals surface area contributed by atoms with E-state index >= 15 is 0 Å². The second-order valence-electron chi connectivity index (χ2n) is 9.11. The highest BCUT2D eigenvalue weighted by atomic mass is 35.5. The van der Waals surface area contributed by atoms with Gasteiger partial charge in [-0.05, 0) is 41.9 Å². The number of rotatable bonds is 10. The first-order valence-corrected chi connectivity index (χ1v) is 13.7. The zero-order chi connectivity index (χ0) is 24.8. The van der Waals surface area contributed by atoms with Gasteiger partial charge in [-0.25, -0.2) is 9.78 Å². The molecule has 0 fully saturated rings. The molecule has 180 valence electrons. The van der Waals surface area contributed by atoms with Crippen molar-refractivity contribution in [2.75, 3.05) is 19.7 Å². The molecule has 2 rings (SSSR count). The fourth-order valence-corrected chi connectivity index (χ4v) is 4.11. The molecule has 1 unspecified atom stereocenters. The van der Waals surface area contributed by atoms with Gasteiger partial charge >= 0.3 is 6.09 Å². The van der Waals surface area contributed by atoms with Gasteiger partial charge in [-0.15, -0.1) is 0 Å². The lowest BCUT2D eigenvalue weighted by Gasteiger charge is -2.40. The van der Waals surface area contributed by atoms with Crippen LogP contribution in [0.25, 0.3) is 0 Å². The lowest BCUT2D eigenvalue weighted by molar-refractivity contribution is -0.384. The first-order valence-electron chi connectivity index (χ1n) is 10.4. The molecule has 11 heteroatoms. The summed E-state index contributed by atoms with van der Waals surface area (Å²) < 4.78 is 12.1. The van der Waals surface area contributed by atoms with Crippen LogP contribution in [-0.4, -0.2) is 54.0 Å². The molecule has 9 nitrogen and oxygen atoms in total. The topological polar surface area (TPSA) is 115 Å².